The highest BCUT2D eigenvalue weighted by atomic mass is 15.0. The Morgan fingerprint density at radius 3 is 3.00 bits per heavy atom. The van der Waals surface area contributed by atoms with Crippen LogP contribution < -0.4 is 5.32 Å². The lowest BCUT2D eigenvalue weighted by Crippen LogP contribution is -2.33. The van der Waals surface area contributed by atoms with Gasteiger partial charge in [-0.3, -0.25) is 0 Å². The predicted molar refractivity (Wildman–Crippen MR) is 80.3 cm³/mol. The molecule has 0 bridgehead atoms. The van der Waals surface area contributed by atoms with Crippen LogP contribution in [0.5, 0.6) is 0 Å². The fraction of sp³-hybridized carbons (Fsp3) is 0.438. The van der Waals surface area contributed by atoms with Gasteiger partial charge in [0.05, 0.1) is 5.69 Å². The van der Waals surface area contributed by atoms with Crippen molar-refractivity contribution in [1.82, 2.24) is 14.7 Å². The molecule has 2 aromatic rings. The van der Waals surface area contributed by atoms with Crippen LogP contribution in [0.3, 0.4) is 0 Å². The Balaban J connectivity index is 1.83. The van der Waals surface area contributed by atoms with Gasteiger partial charge in [-0.05, 0) is 31.4 Å². The van der Waals surface area contributed by atoms with E-state index in [-0.39, 0.29) is 0 Å². The van der Waals surface area contributed by atoms with Crippen LogP contribution in [0, 0.1) is 5.92 Å². The Kier molecular flexibility index (Phi) is 4.74. The summed E-state index contributed by atoms with van der Waals surface area (Å²) in [6.07, 6.45) is 8.16. The monoisotopic (exact) mass is 257 g/mol. The molecule has 3 heteroatoms. The average molecular weight is 257 g/mol. The van der Waals surface area contributed by atoms with Crippen LogP contribution in [0.25, 0.3) is 5.65 Å². The molecule has 2 aromatic heterocycles. The highest BCUT2D eigenvalue weighted by Gasteiger charge is 2.09. The number of allylic oxidation sites excluding steroid dienone is 1. The molecule has 0 fully saturated rings. The lowest BCUT2D eigenvalue weighted by atomic mass is 10.00. The third kappa shape index (κ3) is 3.67. The topological polar surface area (TPSA) is 29.3 Å². The van der Waals surface area contributed by atoms with Gasteiger partial charge in [-0.15, -0.1) is 6.58 Å². The van der Waals surface area contributed by atoms with Gasteiger partial charge in [-0.2, -0.15) is 0 Å². The van der Waals surface area contributed by atoms with E-state index in [0.29, 0.717) is 12.0 Å². The average Bonchev–Trinajstić information content (AvgIpc) is 2.81. The highest BCUT2D eigenvalue weighted by Crippen LogP contribution is 2.08. The molecule has 1 N–H and O–H groups in total. The number of imidazole rings is 1. The Morgan fingerprint density at radius 2 is 2.26 bits per heavy atom. The van der Waals surface area contributed by atoms with Crippen molar-refractivity contribution in [2.45, 2.75) is 32.7 Å². The summed E-state index contributed by atoms with van der Waals surface area (Å²) in [4.78, 5) is 4.60. The summed E-state index contributed by atoms with van der Waals surface area (Å²) in [5.41, 5.74) is 2.16. The molecule has 0 aromatic carbocycles. The molecule has 3 nitrogen and oxygen atoms in total. The highest BCUT2D eigenvalue weighted by molar-refractivity contribution is 5.39. The van der Waals surface area contributed by atoms with Gasteiger partial charge in [-0.1, -0.05) is 19.1 Å². The maximum Gasteiger partial charge on any atom is 0.136 e. The van der Waals surface area contributed by atoms with E-state index in [1.165, 1.54) is 0 Å². The van der Waals surface area contributed by atoms with Crippen molar-refractivity contribution < 1.29 is 0 Å². The van der Waals surface area contributed by atoms with E-state index in [1.807, 2.05) is 30.5 Å². The summed E-state index contributed by atoms with van der Waals surface area (Å²) in [5.74, 6) is 0.624. The van der Waals surface area contributed by atoms with Crippen molar-refractivity contribution in [2.24, 2.45) is 5.92 Å². The number of pyridine rings is 1. The van der Waals surface area contributed by atoms with Crippen molar-refractivity contribution in [1.29, 1.82) is 0 Å². The van der Waals surface area contributed by atoms with Gasteiger partial charge < -0.3 is 9.72 Å². The Hall–Kier alpha value is -1.61. The zero-order valence-corrected chi connectivity index (χ0v) is 11.8. The molecule has 0 saturated carbocycles. The molecular formula is C16H23N3. The summed E-state index contributed by atoms with van der Waals surface area (Å²) < 4.78 is 2.07. The van der Waals surface area contributed by atoms with Crippen molar-refractivity contribution in [2.75, 3.05) is 6.54 Å². The van der Waals surface area contributed by atoms with Gasteiger partial charge in [0.15, 0.2) is 0 Å². The molecule has 2 atom stereocenters. The number of aromatic nitrogens is 2. The molecule has 0 spiro atoms. The maximum absolute atomic E-state index is 4.60. The molecule has 0 saturated heterocycles. The second-order valence-electron chi connectivity index (χ2n) is 5.19. The minimum atomic E-state index is 0.509. The van der Waals surface area contributed by atoms with Crippen LogP contribution >= 0.6 is 0 Å². The Labute approximate surface area is 115 Å². The molecule has 19 heavy (non-hydrogen) atoms. The fourth-order valence-electron chi connectivity index (χ4n) is 2.20. The summed E-state index contributed by atoms with van der Waals surface area (Å²) in [7, 11) is 0. The second kappa shape index (κ2) is 6.53. The zero-order valence-electron chi connectivity index (χ0n) is 11.8. The molecule has 0 amide bonds. The Morgan fingerprint density at radius 1 is 1.42 bits per heavy atom. The Bertz CT molecular complexity index is 497. The van der Waals surface area contributed by atoms with Crippen LogP contribution in [-0.4, -0.2) is 22.0 Å². The quantitative estimate of drug-likeness (QED) is 0.772. The summed E-state index contributed by atoms with van der Waals surface area (Å²) >= 11 is 0. The van der Waals surface area contributed by atoms with Gasteiger partial charge in [0, 0.05) is 31.4 Å². The molecule has 2 heterocycles. The van der Waals surface area contributed by atoms with Crippen molar-refractivity contribution >= 4 is 5.65 Å². The van der Waals surface area contributed by atoms with Gasteiger partial charge in [-0.25, -0.2) is 4.98 Å². The number of hydrogen-bond donors (Lipinski definition) is 1. The molecule has 0 aliphatic rings. The molecule has 0 unspecified atom stereocenters. The van der Waals surface area contributed by atoms with Gasteiger partial charge in [0.1, 0.15) is 5.65 Å². The summed E-state index contributed by atoms with van der Waals surface area (Å²) in [6, 6.07) is 6.58. The first-order valence-electron chi connectivity index (χ1n) is 6.97. The van der Waals surface area contributed by atoms with E-state index in [0.717, 1.165) is 30.7 Å². The molecular weight excluding hydrogens is 234 g/mol. The zero-order chi connectivity index (χ0) is 13.7. The van der Waals surface area contributed by atoms with E-state index >= 15 is 0 Å². The number of nitrogens with one attached hydrogen (secondary N) is 1. The van der Waals surface area contributed by atoms with Crippen LogP contribution in [0.2, 0.25) is 0 Å². The van der Waals surface area contributed by atoms with Crippen LogP contribution in [-0.2, 0) is 6.42 Å². The van der Waals surface area contributed by atoms with Crippen molar-refractivity contribution in [3.8, 4) is 0 Å². The number of fused-ring (bicyclic) bond motifs is 1. The summed E-state index contributed by atoms with van der Waals surface area (Å²) in [6.45, 7) is 9.25. The minimum absolute atomic E-state index is 0.509. The lowest BCUT2D eigenvalue weighted by molar-refractivity contribution is 0.405. The normalized spacial score (nSPS) is 14.4. The lowest BCUT2D eigenvalue weighted by Gasteiger charge is -2.19. The third-order valence-electron chi connectivity index (χ3n) is 3.65. The van der Waals surface area contributed by atoms with Crippen LogP contribution in [0.15, 0.2) is 43.2 Å². The van der Waals surface area contributed by atoms with E-state index in [9.17, 15) is 0 Å². The number of rotatable bonds is 7. The van der Waals surface area contributed by atoms with Gasteiger partial charge in [0.25, 0.3) is 0 Å². The number of nitrogens with zero attached hydrogens (tertiary/aromatic N) is 2. The van der Waals surface area contributed by atoms with E-state index < -0.39 is 0 Å². The molecule has 2 rings (SSSR count). The minimum Gasteiger partial charge on any atom is -0.314 e. The first-order valence-corrected chi connectivity index (χ1v) is 6.97. The predicted octanol–water partition coefficient (Wildman–Crippen LogP) is 3.07. The largest absolute Gasteiger partial charge is 0.314 e. The first kappa shape index (κ1) is 13.8. The van der Waals surface area contributed by atoms with Crippen LogP contribution in [0.1, 0.15) is 26.0 Å². The van der Waals surface area contributed by atoms with Gasteiger partial charge >= 0.3 is 0 Å². The first-order chi connectivity index (χ1) is 9.20. The van der Waals surface area contributed by atoms with Gasteiger partial charge in [0.2, 0.25) is 0 Å². The molecule has 0 aliphatic carbocycles. The molecule has 102 valence electrons. The van der Waals surface area contributed by atoms with E-state index in [4.69, 9.17) is 0 Å². The summed E-state index contributed by atoms with van der Waals surface area (Å²) in [5, 5.41) is 3.56. The SMILES string of the molecule is C=CC[C@@H](C)[C@@H](C)NCCc1cn2ccccc2n1. The molecule has 0 aliphatic heterocycles. The van der Waals surface area contributed by atoms with Crippen LogP contribution in [0.4, 0.5) is 0 Å². The fourth-order valence-corrected chi connectivity index (χ4v) is 2.20. The standard InChI is InChI=1S/C16H23N3/c1-4-7-13(2)14(3)17-10-9-15-12-19-11-6-5-8-16(19)18-15/h4-6,8,11-14,17H,1,7,9-10H2,2-3H3/t13-,14-/m1/s1. The molecule has 0 radical (unpaired) electrons. The third-order valence-corrected chi connectivity index (χ3v) is 3.65. The maximum atomic E-state index is 4.60. The smallest absolute Gasteiger partial charge is 0.136 e. The van der Waals surface area contributed by atoms with Crippen molar-refractivity contribution in [3.63, 3.8) is 0 Å². The second-order valence-corrected chi connectivity index (χ2v) is 5.19. The number of hydrogen-bond acceptors (Lipinski definition) is 2. The van der Waals surface area contributed by atoms with Crippen molar-refractivity contribution in [3.05, 3.63) is 48.9 Å². The van der Waals surface area contributed by atoms with E-state index in [2.05, 4.69) is 41.3 Å². The van der Waals surface area contributed by atoms with E-state index in [1.54, 1.807) is 0 Å².